The summed E-state index contributed by atoms with van der Waals surface area (Å²) >= 11 is 0. The lowest BCUT2D eigenvalue weighted by atomic mass is 10.1. The number of pyridine rings is 2. The zero-order valence-electron chi connectivity index (χ0n) is 26.6. The molecule has 4 atom stereocenters. The predicted molar refractivity (Wildman–Crippen MR) is 169 cm³/mol. The Morgan fingerprint density at radius 2 is 1.22 bits per heavy atom. The van der Waals surface area contributed by atoms with Crippen LogP contribution in [0.1, 0.15) is 31.9 Å². The number of hydrogen-bond acceptors (Lipinski definition) is 7. The number of halogens is 8. The molecule has 8 nitrogen and oxygen atoms in total. The van der Waals surface area contributed by atoms with E-state index >= 15 is 0 Å². The molecule has 2 aromatic heterocycles. The summed E-state index contributed by atoms with van der Waals surface area (Å²) in [4.78, 5) is 22.9. The molecule has 264 valence electrons. The first-order chi connectivity index (χ1) is 22.8. The van der Waals surface area contributed by atoms with Crippen LogP contribution in [-0.4, -0.2) is 72.3 Å². The fourth-order valence-corrected chi connectivity index (χ4v) is 5.87. The molecule has 4 heterocycles. The highest BCUT2D eigenvalue weighted by Crippen LogP contribution is 2.40. The molecule has 2 aliphatic heterocycles. The second-order valence-corrected chi connectivity index (χ2v) is 12.8. The van der Waals surface area contributed by atoms with Gasteiger partial charge in [-0.05, 0) is 69.3 Å². The Balaban J connectivity index is 0.000000199. The minimum absolute atomic E-state index is 0.0597. The number of aromatic nitrogens is 2. The molecule has 1 amide bonds. The average molecular weight is 699 g/mol. The number of benzene rings is 2. The topological polar surface area (TPSA) is 96.6 Å². The van der Waals surface area contributed by atoms with E-state index in [1.54, 1.807) is 42.7 Å². The molecule has 0 spiro atoms. The summed E-state index contributed by atoms with van der Waals surface area (Å²) in [5.41, 5.74) is 3.94. The van der Waals surface area contributed by atoms with Crippen LogP contribution in [0.2, 0.25) is 0 Å². The number of rotatable bonds is 3. The van der Waals surface area contributed by atoms with Gasteiger partial charge in [0.2, 0.25) is 0 Å². The lowest BCUT2D eigenvalue weighted by Crippen LogP contribution is -2.44. The van der Waals surface area contributed by atoms with Gasteiger partial charge < -0.3 is 25.6 Å². The molecule has 0 radical (unpaired) electrons. The number of hydrogen-bond donors (Lipinski definition) is 2. The maximum atomic E-state index is 14.5. The SMILES string of the molecule is CC(C)(C)OC(=O)N[C@H]1CN(c2ccc(C(F)(F)F)c3ncccc23)C[C@H]1F.N[C@@H]1CN(c2ccc(C(F)(F)F)c3ncccc23)C[C@@H]1F. The fourth-order valence-electron chi connectivity index (χ4n) is 5.87. The van der Waals surface area contributed by atoms with Crippen molar-refractivity contribution in [3.63, 3.8) is 0 Å². The van der Waals surface area contributed by atoms with E-state index in [4.69, 9.17) is 10.5 Å². The number of nitrogens with zero attached hydrogens (tertiary/aromatic N) is 4. The minimum Gasteiger partial charge on any atom is -0.444 e. The van der Waals surface area contributed by atoms with Crippen molar-refractivity contribution in [3.05, 3.63) is 72.1 Å². The van der Waals surface area contributed by atoms with Crippen LogP contribution in [0.5, 0.6) is 0 Å². The van der Waals surface area contributed by atoms with Crippen molar-refractivity contribution in [3.8, 4) is 0 Å². The van der Waals surface area contributed by atoms with E-state index in [1.807, 2.05) is 0 Å². The van der Waals surface area contributed by atoms with Gasteiger partial charge >= 0.3 is 18.4 Å². The number of carbonyl (C=O) groups is 1. The Morgan fingerprint density at radius 1 is 0.755 bits per heavy atom. The van der Waals surface area contributed by atoms with Crippen LogP contribution >= 0.6 is 0 Å². The Hall–Kier alpha value is -4.47. The van der Waals surface area contributed by atoms with Crippen molar-refractivity contribution in [1.82, 2.24) is 15.3 Å². The Bertz CT molecular complexity index is 1800. The maximum absolute atomic E-state index is 14.5. The van der Waals surface area contributed by atoms with E-state index in [9.17, 15) is 39.9 Å². The van der Waals surface area contributed by atoms with Gasteiger partial charge in [0.15, 0.2) is 0 Å². The lowest BCUT2D eigenvalue weighted by molar-refractivity contribution is -0.137. The van der Waals surface area contributed by atoms with Gasteiger partial charge in [0, 0.05) is 47.6 Å². The third kappa shape index (κ3) is 8.06. The van der Waals surface area contributed by atoms with Crippen molar-refractivity contribution < 1.29 is 44.7 Å². The van der Waals surface area contributed by atoms with Crippen LogP contribution in [0, 0.1) is 0 Å². The van der Waals surface area contributed by atoms with E-state index in [1.165, 1.54) is 36.7 Å². The first-order valence-electron chi connectivity index (χ1n) is 15.3. The highest BCUT2D eigenvalue weighted by molar-refractivity contribution is 5.95. The average Bonchev–Trinajstić information content (AvgIpc) is 3.54. The number of fused-ring (bicyclic) bond motifs is 2. The molecular formula is C33H34F8N6O2. The van der Waals surface area contributed by atoms with E-state index in [2.05, 4.69) is 15.3 Å². The highest BCUT2D eigenvalue weighted by Gasteiger charge is 2.39. The van der Waals surface area contributed by atoms with Gasteiger partial charge in [-0.1, -0.05) is 0 Å². The van der Waals surface area contributed by atoms with Crippen LogP contribution in [-0.2, 0) is 17.1 Å². The van der Waals surface area contributed by atoms with E-state index in [0.717, 1.165) is 12.1 Å². The standard InChI is InChI=1S/C19H21F4N3O2.C14H13F4N3/c1-18(2,3)28-17(27)25-14-10-26(9-13(14)20)15-7-6-12(19(21,22)23)16-11(15)5-4-8-24-16;15-10-6-21(7-11(10)19)12-4-3-9(14(16,17)18)13-8(12)2-1-5-20-13/h4-8,13-14H,9-10H2,1-3H3,(H,25,27);1-5,10-11H,6-7,19H2/t13-,14+;10-,11+/m10/s1. The predicted octanol–water partition coefficient (Wildman–Crippen LogP) is 7.04. The number of alkyl carbamates (subject to hydrolysis) is 1. The first-order valence-corrected chi connectivity index (χ1v) is 15.3. The number of alkyl halides is 8. The van der Waals surface area contributed by atoms with Crippen molar-refractivity contribution in [1.29, 1.82) is 0 Å². The van der Waals surface area contributed by atoms with E-state index < -0.39 is 59.6 Å². The minimum atomic E-state index is -4.54. The quantitative estimate of drug-likeness (QED) is 0.222. The molecule has 0 unspecified atom stereocenters. The van der Waals surface area contributed by atoms with Crippen LogP contribution in [0.25, 0.3) is 21.8 Å². The second-order valence-electron chi connectivity index (χ2n) is 12.8. The molecule has 6 rings (SSSR count). The Labute approximate surface area is 276 Å². The number of carbonyl (C=O) groups excluding carboxylic acids is 1. The van der Waals surface area contributed by atoms with Crippen molar-refractivity contribution in [2.75, 3.05) is 36.0 Å². The third-order valence-corrected chi connectivity index (χ3v) is 8.03. The van der Waals surface area contributed by atoms with E-state index in [0.29, 0.717) is 16.8 Å². The van der Waals surface area contributed by atoms with Crippen LogP contribution in [0.4, 0.5) is 51.3 Å². The van der Waals surface area contributed by atoms with Crippen LogP contribution < -0.4 is 20.9 Å². The van der Waals surface area contributed by atoms with Gasteiger partial charge in [0.25, 0.3) is 0 Å². The molecule has 49 heavy (non-hydrogen) atoms. The summed E-state index contributed by atoms with van der Waals surface area (Å²) in [6.07, 6.45) is -9.72. The number of amides is 1. The molecule has 0 aliphatic carbocycles. The number of nitrogens with two attached hydrogens (primary N) is 1. The molecule has 2 saturated heterocycles. The van der Waals surface area contributed by atoms with Gasteiger partial charge in [-0.15, -0.1) is 0 Å². The monoisotopic (exact) mass is 698 g/mol. The van der Waals surface area contributed by atoms with Crippen LogP contribution in [0.3, 0.4) is 0 Å². The third-order valence-electron chi connectivity index (χ3n) is 8.03. The molecule has 2 aliphatic rings. The van der Waals surface area contributed by atoms with Crippen molar-refractivity contribution in [2.24, 2.45) is 5.73 Å². The fraction of sp³-hybridized carbons (Fsp3) is 0.424. The number of nitrogens with one attached hydrogen (secondary N) is 1. The summed E-state index contributed by atoms with van der Waals surface area (Å²) in [5, 5.41) is 3.13. The smallest absolute Gasteiger partial charge is 0.418 e. The molecular weight excluding hydrogens is 664 g/mol. The molecule has 16 heteroatoms. The zero-order valence-corrected chi connectivity index (χ0v) is 26.6. The van der Waals surface area contributed by atoms with Gasteiger partial charge in [0.05, 0.1) is 47.3 Å². The van der Waals surface area contributed by atoms with Crippen molar-refractivity contribution >= 4 is 39.3 Å². The summed E-state index contributed by atoms with van der Waals surface area (Å²) in [6, 6.07) is 9.34. The summed E-state index contributed by atoms with van der Waals surface area (Å²) in [5.74, 6) is 0. The van der Waals surface area contributed by atoms with Crippen molar-refractivity contribution in [2.45, 2.75) is 63.2 Å². The second kappa shape index (κ2) is 13.4. The van der Waals surface area contributed by atoms with Gasteiger partial charge in [-0.3, -0.25) is 9.97 Å². The normalized spacial score (nSPS) is 21.6. The van der Waals surface area contributed by atoms with Gasteiger partial charge in [0.1, 0.15) is 17.9 Å². The molecule has 3 N–H and O–H groups in total. The van der Waals surface area contributed by atoms with Crippen LogP contribution in [0.15, 0.2) is 60.9 Å². The summed E-state index contributed by atoms with van der Waals surface area (Å²) < 4.78 is 112. The largest absolute Gasteiger partial charge is 0.444 e. The number of ether oxygens (including phenoxy) is 1. The molecule has 4 aromatic rings. The zero-order chi connectivity index (χ0) is 35.9. The first kappa shape index (κ1) is 35.8. The highest BCUT2D eigenvalue weighted by atomic mass is 19.4. The van der Waals surface area contributed by atoms with Gasteiger partial charge in [-0.2, -0.15) is 26.3 Å². The summed E-state index contributed by atoms with van der Waals surface area (Å²) in [6.45, 7) is 5.49. The maximum Gasteiger partial charge on any atom is 0.418 e. The molecule has 0 saturated carbocycles. The molecule has 2 aromatic carbocycles. The Morgan fingerprint density at radius 3 is 1.65 bits per heavy atom. The van der Waals surface area contributed by atoms with E-state index in [-0.39, 0.29) is 42.6 Å². The van der Waals surface area contributed by atoms with Gasteiger partial charge in [-0.25, -0.2) is 13.6 Å². The molecule has 0 bridgehead atoms. The number of anilines is 2. The molecule has 2 fully saturated rings. The summed E-state index contributed by atoms with van der Waals surface area (Å²) in [7, 11) is 0. The lowest BCUT2D eigenvalue weighted by Gasteiger charge is -2.23. The Kier molecular flexibility index (Phi) is 9.83.